The first-order valence-electron chi connectivity index (χ1n) is 4.62. The molecule has 0 unspecified atom stereocenters. The highest BCUT2D eigenvalue weighted by Gasteiger charge is 2.03. The van der Waals surface area contributed by atoms with E-state index in [4.69, 9.17) is 11.5 Å². The Kier molecular flexibility index (Phi) is 2.25. The van der Waals surface area contributed by atoms with E-state index in [2.05, 4.69) is 9.97 Å². The molecule has 0 aliphatic carbocycles. The molecule has 0 saturated heterocycles. The summed E-state index contributed by atoms with van der Waals surface area (Å²) in [5.74, 6) is 1.04. The minimum absolute atomic E-state index is 0.514. The second-order valence-electron chi connectivity index (χ2n) is 3.34. The maximum Gasteiger partial charge on any atom is 0.123 e. The normalized spacial score (nSPS) is 10.2. The lowest BCUT2D eigenvalue weighted by Crippen LogP contribution is -1.95. The Labute approximate surface area is 88.0 Å². The molecule has 4 N–H and O–H groups in total. The summed E-state index contributed by atoms with van der Waals surface area (Å²) in [6.07, 6.45) is 1.73. The summed E-state index contributed by atoms with van der Waals surface area (Å²) >= 11 is 0. The second-order valence-corrected chi connectivity index (χ2v) is 3.34. The van der Waals surface area contributed by atoms with Crippen molar-refractivity contribution in [2.24, 2.45) is 0 Å². The van der Waals surface area contributed by atoms with Crippen molar-refractivity contribution >= 4 is 11.6 Å². The van der Waals surface area contributed by atoms with Gasteiger partial charge in [0.1, 0.15) is 11.6 Å². The lowest BCUT2D eigenvalue weighted by Gasteiger charge is -2.05. The van der Waals surface area contributed by atoms with Crippen molar-refractivity contribution < 1.29 is 0 Å². The molecule has 0 amide bonds. The van der Waals surface area contributed by atoms with Crippen LogP contribution in [0.4, 0.5) is 11.6 Å². The predicted molar refractivity (Wildman–Crippen MR) is 61.0 cm³/mol. The zero-order valence-corrected chi connectivity index (χ0v) is 8.44. The SMILES string of the molecule is Cc1nc(N)ccc1-c1ccc(N)nc1. The van der Waals surface area contributed by atoms with Crippen molar-refractivity contribution in [3.63, 3.8) is 0 Å². The van der Waals surface area contributed by atoms with Gasteiger partial charge in [-0.25, -0.2) is 9.97 Å². The number of hydrogen-bond donors (Lipinski definition) is 2. The summed E-state index contributed by atoms with van der Waals surface area (Å²) in [5.41, 5.74) is 14.0. The Bertz CT molecular complexity index is 476. The summed E-state index contributed by atoms with van der Waals surface area (Å²) in [6, 6.07) is 7.40. The Hall–Kier alpha value is -2.10. The van der Waals surface area contributed by atoms with Gasteiger partial charge in [0, 0.05) is 23.0 Å². The Balaban J connectivity index is 2.49. The summed E-state index contributed by atoms with van der Waals surface area (Å²) in [7, 11) is 0. The van der Waals surface area contributed by atoms with Crippen LogP contribution in [0.5, 0.6) is 0 Å². The van der Waals surface area contributed by atoms with Gasteiger partial charge in [0.15, 0.2) is 0 Å². The van der Waals surface area contributed by atoms with E-state index < -0.39 is 0 Å². The van der Waals surface area contributed by atoms with Gasteiger partial charge in [-0.2, -0.15) is 0 Å². The molecule has 0 radical (unpaired) electrons. The summed E-state index contributed by atoms with van der Waals surface area (Å²) in [6.45, 7) is 1.92. The van der Waals surface area contributed by atoms with E-state index >= 15 is 0 Å². The number of aryl methyl sites for hydroxylation is 1. The molecular formula is C11H12N4. The summed E-state index contributed by atoms with van der Waals surface area (Å²) in [4.78, 5) is 8.23. The molecule has 2 aromatic rings. The number of nitrogen functional groups attached to an aromatic ring is 2. The third kappa shape index (κ3) is 1.88. The maximum atomic E-state index is 5.58. The molecule has 0 fully saturated rings. The van der Waals surface area contributed by atoms with Gasteiger partial charge < -0.3 is 11.5 Å². The van der Waals surface area contributed by atoms with Crippen molar-refractivity contribution in [2.75, 3.05) is 11.5 Å². The number of pyridine rings is 2. The zero-order chi connectivity index (χ0) is 10.8. The number of aromatic nitrogens is 2. The van der Waals surface area contributed by atoms with E-state index in [0.717, 1.165) is 16.8 Å². The van der Waals surface area contributed by atoms with E-state index in [1.807, 2.05) is 19.1 Å². The third-order valence-corrected chi connectivity index (χ3v) is 2.20. The van der Waals surface area contributed by atoms with Crippen LogP contribution in [0.2, 0.25) is 0 Å². The van der Waals surface area contributed by atoms with Crippen LogP contribution >= 0.6 is 0 Å². The van der Waals surface area contributed by atoms with Crippen LogP contribution in [0.3, 0.4) is 0 Å². The van der Waals surface area contributed by atoms with Gasteiger partial charge in [0.25, 0.3) is 0 Å². The highest BCUT2D eigenvalue weighted by atomic mass is 14.8. The number of anilines is 2. The molecular weight excluding hydrogens is 188 g/mol. The van der Waals surface area contributed by atoms with Gasteiger partial charge in [0.05, 0.1) is 0 Å². The maximum absolute atomic E-state index is 5.58. The monoisotopic (exact) mass is 200 g/mol. The summed E-state index contributed by atoms with van der Waals surface area (Å²) in [5, 5.41) is 0. The lowest BCUT2D eigenvalue weighted by molar-refractivity contribution is 1.21. The van der Waals surface area contributed by atoms with Gasteiger partial charge in [-0.05, 0) is 31.2 Å². The van der Waals surface area contributed by atoms with Crippen LogP contribution in [0.25, 0.3) is 11.1 Å². The minimum atomic E-state index is 0.514. The van der Waals surface area contributed by atoms with Gasteiger partial charge in [0.2, 0.25) is 0 Å². The first-order valence-corrected chi connectivity index (χ1v) is 4.62. The average molecular weight is 200 g/mol. The molecule has 0 aliphatic rings. The molecule has 0 atom stereocenters. The Morgan fingerprint density at radius 2 is 1.73 bits per heavy atom. The fourth-order valence-corrected chi connectivity index (χ4v) is 1.45. The molecule has 0 aliphatic heterocycles. The number of rotatable bonds is 1. The van der Waals surface area contributed by atoms with E-state index in [9.17, 15) is 0 Å². The van der Waals surface area contributed by atoms with Crippen molar-refractivity contribution in [2.45, 2.75) is 6.92 Å². The van der Waals surface area contributed by atoms with Gasteiger partial charge in [-0.3, -0.25) is 0 Å². The van der Waals surface area contributed by atoms with Crippen LogP contribution in [-0.2, 0) is 0 Å². The molecule has 0 bridgehead atoms. The quantitative estimate of drug-likeness (QED) is 0.733. The molecule has 4 heteroatoms. The van der Waals surface area contributed by atoms with Crippen LogP contribution in [0.15, 0.2) is 30.5 Å². The molecule has 2 aromatic heterocycles. The van der Waals surface area contributed by atoms with Crippen molar-refractivity contribution in [3.8, 4) is 11.1 Å². The predicted octanol–water partition coefficient (Wildman–Crippen LogP) is 1.62. The lowest BCUT2D eigenvalue weighted by atomic mass is 10.1. The van der Waals surface area contributed by atoms with Crippen LogP contribution in [0.1, 0.15) is 5.69 Å². The van der Waals surface area contributed by atoms with E-state index in [1.165, 1.54) is 0 Å². The number of nitrogens with two attached hydrogens (primary N) is 2. The highest BCUT2D eigenvalue weighted by Crippen LogP contribution is 2.22. The van der Waals surface area contributed by atoms with E-state index in [1.54, 1.807) is 18.3 Å². The van der Waals surface area contributed by atoms with Crippen molar-refractivity contribution in [3.05, 3.63) is 36.2 Å². The van der Waals surface area contributed by atoms with Crippen molar-refractivity contribution in [1.82, 2.24) is 9.97 Å². The molecule has 4 nitrogen and oxygen atoms in total. The standard InChI is InChI=1S/C11H12N4/c1-7-9(3-5-11(13)15-7)8-2-4-10(12)14-6-8/h2-6H,1H3,(H2,12,14)(H2,13,15). The smallest absolute Gasteiger partial charge is 0.123 e. The average Bonchev–Trinajstić information content (AvgIpc) is 2.20. The molecule has 0 aromatic carbocycles. The molecule has 2 rings (SSSR count). The largest absolute Gasteiger partial charge is 0.384 e. The van der Waals surface area contributed by atoms with Crippen LogP contribution in [-0.4, -0.2) is 9.97 Å². The third-order valence-electron chi connectivity index (χ3n) is 2.20. The molecule has 76 valence electrons. The van der Waals surface area contributed by atoms with Gasteiger partial charge in [-0.1, -0.05) is 0 Å². The van der Waals surface area contributed by atoms with Crippen LogP contribution < -0.4 is 11.5 Å². The Morgan fingerprint density at radius 3 is 2.33 bits per heavy atom. The fraction of sp³-hybridized carbons (Fsp3) is 0.0909. The molecule has 15 heavy (non-hydrogen) atoms. The highest BCUT2D eigenvalue weighted by molar-refractivity contribution is 5.66. The van der Waals surface area contributed by atoms with E-state index in [-0.39, 0.29) is 0 Å². The first-order chi connectivity index (χ1) is 7.16. The molecule has 0 saturated carbocycles. The topological polar surface area (TPSA) is 77.8 Å². The molecule has 0 spiro atoms. The Morgan fingerprint density at radius 1 is 1.00 bits per heavy atom. The number of hydrogen-bond acceptors (Lipinski definition) is 4. The molecule has 2 heterocycles. The first kappa shape index (κ1) is 9.45. The van der Waals surface area contributed by atoms with Gasteiger partial charge in [-0.15, -0.1) is 0 Å². The second kappa shape index (κ2) is 3.57. The fourth-order valence-electron chi connectivity index (χ4n) is 1.45. The van der Waals surface area contributed by atoms with Crippen LogP contribution in [0, 0.1) is 6.92 Å². The minimum Gasteiger partial charge on any atom is -0.384 e. The summed E-state index contributed by atoms with van der Waals surface area (Å²) < 4.78 is 0. The zero-order valence-electron chi connectivity index (χ0n) is 8.44. The van der Waals surface area contributed by atoms with Crippen molar-refractivity contribution in [1.29, 1.82) is 0 Å². The van der Waals surface area contributed by atoms with Gasteiger partial charge >= 0.3 is 0 Å². The number of nitrogens with zero attached hydrogens (tertiary/aromatic N) is 2. The van der Waals surface area contributed by atoms with E-state index in [0.29, 0.717) is 11.6 Å².